The van der Waals surface area contributed by atoms with E-state index >= 15 is 0 Å². The Balaban J connectivity index is 1.45. The molecule has 1 saturated heterocycles. The van der Waals surface area contributed by atoms with E-state index in [1.54, 1.807) is 30.9 Å². The number of rotatable bonds is 10. The van der Waals surface area contributed by atoms with Crippen molar-refractivity contribution in [3.8, 4) is 11.5 Å². The Labute approximate surface area is 228 Å². The fourth-order valence-electron chi connectivity index (χ4n) is 5.21. The van der Waals surface area contributed by atoms with Gasteiger partial charge < -0.3 is 25.0 Å². The number of hydrogen-bond donors (Lipinski definition) is 2. The Morgan fingerprint density at radius 2 is 1.82 bits per heavy atom. The van der Waals surface area contributed by atoms with Crippen LogP contribution < -0.4 is 20.1 Å². The van der Waals surface area contributed by atoms with E-state index in [0.29, 0.717) is 36.4 Å². The molecule has 0 saturated carbocycles. The van der Waals surface area contributed by atoms with Gasteiger partial charge in [-0.15, -0.1) is 11.8 Å². The molecule has 0 aromatic heterocycles. The van der Waals surface area contributed by atoms with E-state index in [1.807, 2.05) is 70.2 Å². The first kappa shape index (κ1) is 27.8. The summed E-state index contributed by atoms with van der Waals surface area (Å²) in [6.07, 6.45) is 1.31. The molecule has 0 bridgehead atoms. The van der Waals surface area contributed by atoms with Crippen molar-refractivity contribution >= 4 is 29.5 Å². The molecule has 2 aliphatic heterocycles. The molecule has 0 spiro atoms. The van der Waals surface area contributed by atoms with Gasteiger partial charge in [0.05, 0.1) is 14.2 Å². The van der Waals surface area contributed by atoms with Gasteiger partial charge in [0.25, 0.3) is 5.91 Å². The quantitative estimate of drug-likeness (QED) is 0.475. The van der Waals surface area contributed by atoms with E-state index in [9.17, 15) is 14.4 Å². The minimum absolute atomic E-state index is 0.0838. The molecule has 2 aromatic rings. The standard InChI is InChI=1S/C29H37N3O5S/c1-7-17(2)23(25(33)30-15-14-18-12-13-21(36-5)22(16-18)37-6)31-26(34)24-29(3,4)38-28-20-11-9-8-10-19(20)27(35)32(24)28/h8-13,16-17,23-24,28H,7,14-15H2,1-6H3,(H,30,33)(H,31,34)/t17-,23+,24+,28+/m1/s1. The van der Waals surface area contributed by atoms with Gasteiger partial charge >= 0.3 is 0 Å². The predicted molar refractivity (Wildman–Crippen MR) is 148 cm³/mol. The molecule has 2 heterocycles. The second-order valence-electron chi connectivity index (χ2n) is 10.4. The first-order valence-corrected chi connectivity index (χ1v) is 13.9. The van der Waals surface area contributed by atoms with E-state index in [0.717, 1.165) is 11.1 Å². The zero-order valence-electron chi connectivity index (χ0n) is 22.9. The number of nitrogens with one attached hydrogen (secondary N) is 2. The Bertz CT molecular complexity index is 1220. The summed E-state index contributed by atoms with van der Waals surface area (Å²) in [5.74, 6) is 0.531. The monoisotopic (exact) mass is 539 g/mol. The molecule has 38 heavy (non-hydrogen) atoms. The van der Waals surface area contributed by atoms with Gasteiger partial charge in [-0.25, -0.2) is 0 Å². The van der Waals surface area contributed by atoms with Crippen LogP contribution in [0.2, 0.25) is 0 Å². The van der Waals surface area contributed by atoms with Gasteiger partial charge in [-0.3, -0.25) is 14.4 Å². The van der Waals surface area contributed by atoms with E-state index < -0.39 is 16.8 Å². The van der Waals surface area contributed by atoms with Gasteiger partial charge in [0.1, 0.15) is 17.5 Å². The molecule has 2 N–H and O–H groups in total. The third-order valence-corrected chi connectivity index (χ3v) is 9.03. The third-order valence-electron chi connectivity index (χ3n) is 7.50. The maximum atomic E-state index is 13.7. The average Bonchev–Trinajstić information content (AvgIpc) is 3.34. The number of benzene rings is 2. The lowest BCUT2D eigenvalue weighted by atomic mass is 9.95. The second kappa shape index (κ2) is 11.3. The summed E-state index contributed by atoms with van der Waals surface area (Å²) in [5, 5.41) is 5.79. The zero-order chi connectivity index (χ0) is 27.6. The molecule has 3 amide bonds. The molecule has 0 aliphatic carbocycles. The molecular weight excluding hydrogens is 502 g/mol. The largest absolute Gasteiger partial charge is 0.493 e. The lowest BCUT2D eigenvalue weighted by Gasteiger charge is -2.32. The highest BCUT2D eigenvalue weighted by Crippen LogP contribution is 2.56. The maximum absolute atomic E-state index is 13.7. The van der Waals surface area contributed by atoms with Crippen LogP contribution in [0.25, 0.3) is 0 Å². The topological polar surface area (TPSA) is 97.0 Å². The third kappa shape index (κ3) is 5.21. The molecule has 204 valence electrons. The summed E-state index contributed by atoms with van der Waals surface area (Å²) in [7, 11) is 3.18. The van der Waals surface area contributed by atoms with Crippen LogP contribution in [0.15, 0.2) is 42.5 Å². The Morgan fingerprint density at radius 1 is 1.11 bits per heavy atom. The van der Waals surface area contributed by atoms with Gasteiger partial charge in [0.2, 0.25) is 11.8 Å². The molecule has 9 heteroatoms. The number of amides is 3. The van der Waals surface area contributed by atoms with Crippen molar-refractivity contribution < 1.29 is 23.9 Å². The molecule has 2 aliphatic rings. The highest BCUT2D eigenvalue weighted by molar-refractivity contribution is 8.01. The van der Waals surface area contributed by atoms with Crippen LogP contribution >= 0.6 is 11.8 Å². The van der Waals surface area contributed by atoms with Gasteiger partial charge in [-0.2, -0.15) is 0 Å². The van der Waals surface area contributed by atoms with Crippen molar-refractivity contribution in [1.82, 2.24) is 15.5 Å². The van der Waals surface area contributed by atoms with Crippen LogP contribution in [-0.4, -0.2) is 60.2 Å². The van der Waals surface area contributed by atoms with Gasteiger partial charge in [-0.05, 0) is 55.5 Å². The minimum atomic E-state index is -0.710. The summed E-state index contributed by atoms with van der Waals surface area (Å²) in [5.41, 5.74) is 2.58. The fraction of sp³-hybridized carbons (Fsp3) is 0.483. The number of hydrogen-bond acceptors (Lipinski definition) is 6. The number of ether oxygens (including phenoxy) is 2. The summed E-state index contributed by atoms with van der Waals surface area (Å²) in [6.45, 7) is 8.32. The van der Waals surface area contributed by atoms with E-state index in [-0.39, 0.29) is 29.0 Å². The maximum Gasteiger partial charge on any atom is 0.256 e. The molecule has 8 nitrogen and oxygen atoms in total. The normalized spacial score (nSPS) is 20.8. The summed E-state index contributed by atoms with van der Waals surface area (Å²) < 4.78 is 10.1. The van der Waals surface area contributed by atoms with Gasteiger partial charge in [-0.1, -0.05) is 44.5 Å². The number of carbonyl (C=O) groups is 3. The van der Waals surface area contributed by atoms with E-state index in [1.165, 1.54) is 0 Å². The predicted octanol–water partition coefficient (Wildman–Crippen LogP) is 3.94. The van der Waals surface area contributed by atoms with Crippen molar-refractivity contribution in [2.24, 2.45) is 5.92 Å². The number of nitrogens with zero attached hydrogens (tertiary/aromatic N) is 1. The summed E-state index contributed by atoms with van der Waals surface area (Å²) in [4.78, 5) is 42.0. The molecule has 2 aromatic carbocycles. The minimum Gasteiger partial charge on any atom is -0.493 e. The van der Waals surface area contributed by atoms with Crippen LogP contribution in [0, 0.1) is 5.92 Å². The number of methoxy groups -OCH3 is 2. The first-order chi connectivity index (χ1) is 18.1. The average molecular weight is 540 g/mol. The van der Waals surface area contributed by atoms with Crippen molar-refractivity contribution in [1.29, 1.82) is 0 Å². The fourth-order valence-corrected chi connectivity index (χ4v) is 6.80. The number of carbonyl (C=O) groups excluding carboxylic acids is 3. The SMILES string of the molecule is CC[C@@H](C)[C@H](NC(=O)[C@@H]1N2C(=O)c3ccccc3[C@@H]2SC1(C)C)C(=O)NCCc1ccc(OC)c(OC)c1. The van der Waals surface area contributed by atoms with Gasteiger partial charge in [0, 0.05) is 16.9 Å². The van der Waals surface area contributed by atoms with Crippen molar-refractivity contribution in [2.75, 3.05) is 20.8 Å². The van der Waals surface area contributed by atoms with Crippen LogP contribution in [0.1, 0.15) is 61.0 Å². The summed E-state index contributed by atoms with van der Waals surface area (Å²) in [6, 6.07) is 11.8. The molecule has 4 atom stereocenters. The molecule has 0 unspecified atom stereocenters. The van der Waals surface area contributed by atoms with Crippen molar-refractivity contribution in [2.45, 2.75) is 62.7 Å². The molecule has 1 fully saturated rings. The molecule has 4 rings (SSSR count). The lowest BCUT2D eigenvalue weighted by Crippen LogP contribution is -2.58. The smallest absolute Gasteiger partial charge is 0.256 e. The van der Waals surface area contributed by atoms with Gasteiger partial charge in [0.15, 0.2) is 11.5 Å². The number of thioether (sulfide) groups is 1. The highest BCUT2D eigenvalue weighted by atomic mass is 32.2. The van der Waals surface area contributed by atoms with E-state index in [2.05, 4.69) is 10.6 Å². The lowest BCUT2D eigenvalue weighted by molar-refractivity contribution is -0.132. The Morgan fingerprint density at radius 3 is 2.50 bits per heavy atom. The second-order valence-corrected chi connectivity index (χ2v) is 12.1. The highest BCUT2D eigenvalue weighted by Gasteiger charge is 2.57. The number of fused-ring (bicyclic) bond motifs is 3. The van der Waals surface area contributed by atoms with Crippen molar-refractivity contribution in [3.05, 3.63) is 59.2 Å². The van der Waals surface area contributed by atoms with Crippen LogP contribution in [0.5, 0.6) is 11.5 Å². The van der Waals surface area contributed by atoms with Crippen molar-refractivity contribution in [3.63, 3.8) is 0 Å². The van der Waals surface area contributed by atoms with Crippen LogP contribution in [0.4, 0.5) is 0 Å². The Hall–Kier alpha value is -3.20. The molecule has 0 radical (unpaired) electrons. The Kier molecular flexibility index (Phi) is 8.25. The van der Waals surface area contributed by atoms with Crippen LogP contribution in [-0.2, 0) is 16.0 Å². The van der Waals surface area contributed by atoms with Crippen LogP contribution in [0.3, 0.4) is 0 Å². The first-order valence-electron chi connectivity index (χ1n) is 13.0. The summed E-state index contributed by atoms with van der Waals surface area (Å²) >= 11 is 1.61. The van der Waals surface area contributed by atoms with E-state index in [4.69, 9.17) is 9.47 Å². The molecular formula is C29H37N3O5S. The zero-order valence-corrected chi connectivity index (χ0v) is 23.7.